The van der Waals surface area contributed by atoms with E-state index in [9.17, 15) is 0 Å². The molecule has 0 aliphatic carbocycles. The molecule has 0 unspecified atom stereocenters. The van der Waals surface area contributed by atoms with Crippen LogP contribution in [0.15, 0.2) is 47.1 Å². The van der Waals surface area contributed by atoms with Crippen LogP contribution in [0.1, 0.15) is 11.4 Å². The summed E-state index contributed by atoms with van der Waals surface area (Å²) in [6, 6.07) is 11.9. The number of rotatable bonds is 2. The monoisotopic (exact) mass is 272 g/mol. The highest BCUT2D eigenvalue weighted by molar-refractivity contribution is 6.31. The van der Waals surface area contributed by atoms with Crippen LogP contribution in [0.2, 0.25) is 5.02 Å². The van der Waals surface area contributed by atoms with Gasteiger partial charge >= 0.3 is 0 Å². The summed E-state index contributed by atoms with van der Waals surface area (Å²) in [6.07, 6.45) is 1.67. The van der Waals surface area contributed by atoms with E-state index in [-0.39, 0.29) is 0 Å². The molecule has 2 aromatic heterocycles. The molecule has 3 rings (SSSR count). The van der Waals surface area contributed by atoms with Gasteiger partial charge in [0.25, 0.3) is 0 Å². The highest BCUT2D eigenvalue weighted by Gasteiger charge is 2.10. The third kappa shape index (κ3) is 2.06. The highest BCUT2D eigenvalue weighted by Crippen LogP contribution is 2.25. The second-order valence-corrected chi connectivity index (χ2v) is 4.80. The summed E-state index contributed by atoms with van der Waals surface area (Å²) in [4.78, 5) is 0. The fraction of sp³-hybridized carbons (Fsp3) is 0.133. The molecular weight excluding hydrogens is 260 g/mol. The largest absolute Gasteiger partial charge is 0.464 e. The van der Waals surface area contributed by atoms with Crippen molar-refractivity contribution in [2.75, 3.05) is 0 Å². The molecular formula is C15H13ClN2O. The van der Waals surface area contributed by atoms with Crippen molar-refractivity contribution in [3.8, 4) is 17.0 Å². The number of aromatic nitrogens is 2. The molecule has 0 bridgehead atoms. The number of benzene rings is 1. The molecule has 0 spiro atoms. The third-order valence-corrected chi connectivity index (χ3v) is 3.67. The zero-order valence-corrected chi connectivity index (χ0v) is 11.5. The van der Waals surface area contributed by atoms with Crippen molar-refractivity contribution in [2.24, 2.45) is 0 Å². The smallest absolute Gasteiger partial charge is 0.133 e. The van der Waals surface area contributed by atoms with Crippen LogP contribution < -0.4 is 0 Å². The summed E-state index contributed by atoms with van der Waals surface area (Å²) in [5, 5.41) is 5.15. The van der Waals surface area contributed by atoms with E-state index in [0.29, 0.717) is 0 Å². The molecule has 0 saturated carbocycles. The number of hydrogen-bond acceptors (Lipinski definition) is 2. The lowest BCUT2D eigenvalue weighted by Crippen LogP contribution is -1.98. The summed E-state index contributed by atoms with van der Waals surface area (Å²) in [5.41, 5.74) is 3.82. The summed E-state index contributed by atoms with van der Waals surface area (Å²) < 4.78 is 7.22. The van der Waals surface area contributed by atoms with Gasteiger partial charge in [0, 0.05) is 5.56 Å². The molecule has 0 N–H and O–H groups in total. The van der Waals surface area contributed by atoms with Gasteiger partial charge in [0.05, 0.1) is 28.4 Å². The number of nitrogens with zero attached hydrogens (tertiary/aromatic N) is 2. The maximum Gasteiger partial charge on any atom is 0.133 e. The number of aryl methyl sites for hydroxylation is 1. The highest BCUT2D eigenvalue weighted by atomic mass is 35.5. The van der Waals surface area contributed by atoms with Crippen molar-refractivity contribution in [1.82, 2.24) is 9.78 Å². The molecule has 0 atom stereocenters. The Labute approximate surface area is 116 Å². The minimum absolute atomic E-state index is 0.718. The normalized spacial score (nSPS) is 10.9. The summed E-state index contributed by atoms with van der Waals surface area (Å²) in [7, 11) is 0. The molecule has 4 heteroatoms. The molecule has 0 amide bonds. The Morgan fingerprint density at radius 2 is 1.84 bits per heavy atom. The lowest BCUT2D eigenvalue weighted by Gasteiger charge is -2.05. The van der Waals surface area contributed by atoms with Gasteiger partial charge in [0.15, 0.2) is 0 Å². The number of furan rings is 1. The van der Waals surface area contributed by atoms with Crippen molar-refractivity contribution >= 4 is 11.6 Å². The second-order valence-electron chi connectivity index (χ2n) is 4.42. The Kier molecular flexibility index (Phi) is 2.91. The summed E-state index contributed by atoms with van der Waals surface area (Å²) >= 11 is 6.16. The maximum absolute atomic E-state index is 6.16. The van der Waals surface area contributed by atoms with Crippen LogP contribution in [0.5, 0.6) is 0 Å². The van der Waals surface area contributed by atoms with Crippen LogP contribution in [0, 0.1) is 13.8 Å². The Bertz CT molecular complexity index is 697. The standard InChI is InChI=1S/C15H13ClN2O/c1-10-15(16)11(2)18(17-10)13-7-5-12(6-8-13)14-4-3-9-19-14/h3-9H,1-2H3. The van der Waals surface area contributed by atoms with E-state index in [1.165, 1.54) is 0 Å². The van der Waals surface area contributed by atoms with Gasteiger partial charge in [0.2, 0.25) is 0 Å². The van der Waals surface area contributed by atoms with E-state index < -0.39 is 0 Å². The molecule has 96 valence electrons. The van der Waals surface area contributed by atoms with Gasteiger partial charge in [-0.3, -0.25) is 0 Å². The summed E-state index contributed by atoms with van der Waals surface area (Å²) in [5.74, 6) is 0.859. The molecule has 0 radical (unpaired) electrons. The van der Waals surface area contributed by atoms with Crippen LogP contribution in [0.3, 0.4) is 0 Å². The van der Waals surface area contributed by atoms with E-state index in [0.717, 1.165) is 33.4 Å². The molecule has 3 aromatic rings. The van der Waals surface area contributed by atoms with Crippen molar-refractivity contribution in [3.63, 3.8) is 0 Å². The molecule has 0 fully saturated rings. The summed E-state index contributed by atoms with van der Waals surface area (Å²) in [6.45, 7) is 3.87. The molecule has 0 aliphatic heterocycles. The Morgan fingerprint density at radius 3 is 2.37 bits per heavy atom. The number of hydrogen-bond donors (Lipinski definition) is 0. The van der Waals surface area contributed by atoms with Gasteiger partial charge in [-0.1, -0.05) is 11.6 Å². The minimum Gasteiger partial charge on any atom is -0.464 e. The SMILES string of the molecule is Cc1nn(-c2ccc(-c3ccco3)cc2)c(C)c1Cl. The van der Waals surface area contributed by atoms with Gasteiger partial charge in [-0.2, -0.15) is 5.10 Å². The zero-order chi connectivity index (χ0) is 13.4. The lowest BCUT2D eigenvalue weighted by molar-refractivity contribution is 0.582. The maximum atomic E-state index is 6.16. The quantitative estimate of drug-likeness (QED) is 0.692. The first-order valence-electron chi connectivity index (χ1n) is 6.03. The predicted octanol–water partition coefficient (Wildman–Crippen LogP) is 4.40. The lowest BCUT2D eigenvalue weighted by atomic mass is 10.1. The van der Waals surface area contributed by atoms with Crippen LogP contribution in [-0.4, -0.2) is 9.78 Å². The average Bonchev–Trinajstić information content (AvgIpc) is 3.04. The van der Waals surface area contributed by atoms with E-state index in [2.05, 4.69) is 5.10 Å². The van der Waals surface area contributed by atoms with Crippen molar-refractivity contribution < 1.29 is 4.42 Å². The predicted molar refractivity (Wildman–Crippen MR) is 75.8 cm³/mol. The Hall–Kier alpha value is -2.00. The van der Waals surface area contributed by atoms with Crippen LogP contribution in [-0.2, 0) is 0 Å². The van der Waals surface area contributed by atoms with Gasteiger partial charge in [-0.05, 0) is 50.2 Å². The molecule has 0 aliphatic rings. The van der Waals surface area contributed by atoms with Crippen molar-refractivity contribution in [3.05, 3.63) is 59.1 Å². The second kappa shape index (κ2) is 4.59. The van der Waals surface area contributed by atoms with Crippen molar-refractivity contribution in [1.29, 1.82) is 0 Å². The fourth-order valence-corrected chi connectivity index (χ4v) is 2.20. The molecule has 3 nitrogen and oxygen atoms in total. The van der Waals surface area contributed by atoms with E-state index in [1.54, 1.807) is 6.26 Å². The molecule has 2 heterocycles. The van der Waals surface area contributed by atoms with Crippen molar-refractivity contribution in [2.45, 2.75) is 13.8 Å². The Morgan fingerprint density at radius 1 is 1.11 bits per heavy atom. The van der Waals surface area contributed by atoms with E-state index >= 15 is 0 Å². The first kappa shape index (κ1) is 12.1. The molecule has 0 saturated heterocycles. The zero-order valence-electron chi connectivity index (χ0n) is 10.7. The van der Waals surface area contributed by atoms with E-state index in [1.807, 2.05) is 54.9 Å². The Balaban J connectivity index is 2.01. The van der Waals surface area contributed by atoms with Crippen LogP contribution >= 0.6 is 11.6 Å². The average molecular weight is 273 g/mol. The van der Waals surface area contributed by atoms with Crippen LogP contribution in [0.4, 0.5) is 0 Å². The van der Waals surface area contributed by atoms with Gasteiger partial charge in [-0.15, -0.1) is 0 Å². The molecule has 1 aromatic carbocycles. The topological polar surface area (TPSA) is 31.0 Å². The first-order chi connectivity index (χ1) is 9.16. The van der Waals surface area contributed by atoms with E-state index in [4.69, 9.17) is 16.0 Å². The van der Waals surface area contributed by atoms with Gasteiger partial charge in [0.1, 0.15) is 5.76 Å². The van der Waals surface area contributed by atoms with Gasteiger partial charge in [-0.25, -0.2) is 4.68 Å². The minimum atomic E-state index is 0.718. The van der Waals surface area contributed by atoms with Crippen LogP contribution in [0.25, 0.3) is 17.0 Å². The number of halogens is 1. The fourth-order valence-electron chi connectivity index (χ4n) is 2.08. The first-order valence-corrected chi connectivity index (χ1v) is 6.40. The van der Waals surface area contributed by atoms with Gasteiger partial charge < -0.3 is 4.42 Å². The molecule has 19 heavy (non-hydrogen) atoms. The third-order valence-electron chi connectivity index (χ3n) is 3.12.